The van der Waals surface area contributed by atoms with E-state index in [0.717, 1.165) is 126 Å². The lowest BCUT2D eigenvalue weighted by Crippen LogP contribution is -2.52. The van der Waals surface area contributed by atoms with Gasteiger partial charge >= 0.3 is 24.1 Å². The minimum atomic E-state index is -2.85. The van der Waals surface area contributed by atoms with Crippen LogP contribution in [-0.4, -0.2) is 235 Å². The Labute approximate surface area is 723 Å². The van der Waals surface area contributed by atoms with Gasteiger partial charge in [0.2, 0.25) is 0 Å². The van der Waals surface area contributed by atoms with Gasteiger partial charge in [-0.15, -0.1) is 55.5 Å². The van der Waals surface area contributed by atoms with Gasteiger partial charge in [-0.1, -0.05) is 24.3 Å². The molecule has 16 heterocycles. The van der Waals surface area contributed by atoms with E-state index in [2.05, 4.69) is 202 Å². The van der Waals surface area contributed by atoms with Gasteiger partial charge in [0, 0.05) is 139 Å². The summed E-state index contributed by atoms with van der Waals surface area (Å²) in [6.45, 7) is 19.5. The van der Waals surface area contributed by atoms with Crippen molar-refractivity contribution in [2.45, 2.75) is 148 Å². The van der Waals surface area contributed by atoms with Crippen molar-refractivity contribution >= 4 is 141 Å². The van der Waals surface area contributed by atoms with E-state index < -0.39 is 19.5 Å². The molecule has 32 nitrogen and oxygen atoms in total. The van der Waals surface area contributed by atoms with Crippen LogP contribution in [0.5, 0.6) is 0 Å². The molecule has 0 bridgehead atoms. The predicted molar refractivity (Wildman–Crippen MR) is 474 cm³/mol. The van der Waals surface area contributed by atoms with Crippen molar-refractivity contribution < 1.29 is 27.6 Å². The smallest absolute Gasteiger partial charge is 0.323 e. The lowest BCUT2D eigenvalue weighted by atomic mass is 9.87. The Morgan fingerprint density at radius 2 is 0.656 bits per heavy atom. The van der Waals surface area contributed by atoms with Crippen LogP contribution in [0, 0.1) is 9.56 Å². The van der Waals surface area contributed by atoms with E-state index in [4.69, 9.17) is 9.56 Å². The average molecular weight is 1760 g/mol. The topological polar surface area (TPSA) is 379 Å². The van der Waals surface area contributed by atoms with Crippen LogP contribution in [0.3, 0.4) is 0 Å². The molecule has 12 aromatic rings. The summed E-state index contributed by atoms with van der Waals surface area (Å²) in [5.74, 6) is 2.20. The number of hydrogen-bond donors (Lipinski definition) is 6. The van der Waals surface area contributed by atoms with Gasteiger partial charge in [-0.25, -0.2) is 77.0 Å². The highest BCUT2D eigenvalue weighted by atomic mass is 32.2. The maximum atomic E-state index is 12.7. The van der Waals surface area contributed by atoms with Crippen LogP contribution in [-0.2, 0) is 32.5 Å². The molecule has 4 aromatic carbocycles. The molecular weight excluding hydrogens is 1660 g/mol. The van der Waals surface area contributed by atoms with E-state index in [-0.39, 0.29) is 46.3 Å². The maximum Gasteiger partial charge on any atom is 0.323 e. The molecule has 122 heavy (non-hydrogen) atoms. The number of likely N-dealkylation sites (tertiary alicyclic amines) is 4. The van der Waals surface area contributed by atoms with Crippen molar-refractivity contribution in [3.05, 3.63) is 190 Å². The number of nitrogens with zero attached hydrogens (tertiary/aromatic N) is 20. The van der Waals surface area contributed by atoms with Gasteiger partial charge in [0.05, 0.1) is 140 Å². The summed E-state index contributed by atoms with van der Waals surface area (Å²) < 4.78 is 43.7. The third-order valence-corrected chi connectivity index (χ3v) is 31.1. The number of hydrogen-bond acceptors (Lipinski definition) is 28. The van der Waals surface area contributed by atoms with E-state index in [1.165, 1.54) is 78.4 Å². The van der Waals surface area contributed by atoms with Gasteiger partial charge in [0.15, 0.2) is 11.6 Å². The Balaban J connectivity index is 0.000000116. The van der Waals surface area contributed by atoms with Gasteiger partial charge < -0.3 is 31.1 Å². The molecule has 636 valence electrons. The Morgan fingerprint density at radius 3 is 0.918 bits per heavy atom. The number of fused-ring (bicyclic) bond motifs is 4. The highest BCUT2D eigenvalue weighted by Crippen LogP contribution is 2.40. The zero-order chi connectivity index (χ0) is 84.7. The molecule has 0 saturated carbocycles. The molecule has 6 atom stereocenters. The summed E-state index contributed by atoms with van der Waals surface area (Å²) in [6.07, 6.45) is 18.9. The minimum absolute atomic E-state index is 0.0732. The summed E-state index contributed by atoms with van der Waals surface area (Å²) in [5.41, 5.74) is 16.1. The fourth-order valence-corrected chi connectivity index (χ4v) is 21.6. The minimum Gasteiger partial charge on any atom is -0.331 e. The molecule has 0 radical (unpaired) electrons. The van der Waals surface area contributed by atoms with Crippen LogP contribution in [0.1, 0.15) is 137 Å². The number of thiazole rings is 4. The number of benzene rings is 4. The third-order valence-electron chi connectivity index (χ3n) is 25.6. The third kappa shape index (κ3) is 18.3. The molecule has 8 fully saturated rings. The SMILES string of the molecule is C[C@@H](c1ccc2scnc2c1)N1CCC2(CC1)CN(Cc1ncc([S@](C)(=N)=O)cn1)C(=O)N2.C[C@@H](c1ccc2scnc2c1)N1CCC2(CC1)CN(c1cccnn1)C(=O)N2.C[C@H](c1ccc2scnc2c1)N1CCC2(CC1)CN(Cc1ncc([S@](C)(=N)=O)cn1)C(=O)N2.C[C@H](c1ccc2scnc2c1)N1CCC2(CC1)CN(c1cccnn1)C(=O)N2. The standard InChI is InChI=1S/2C22H27N7O2S2.2C20H22N6OS/c2*1-15(16-3-4-19-18(9-16)26-14-32-19)28-7-5-22(6-8-28)13-29(21(30)27-22)12-20-24-10-17(11-25-20)33(2,23)31;2*1-14(15-4-5-17-16(11-15)21-13-28-17)25-9-6-20(7-10-25)12-26(19(27)23-20)18-3-2-8-22-24-18/h2*3-4,9-11,14-15,23H,5-8,12-13H2,1-2H3,(H,27,30);2*2-5,8,11,13-14H,6-7,9-10,12H2,1H3,(H,23,27)/t15-,33+;15-,33-;2*14-/m0110/s1. The Kier molecular flexibility index (Phi) is 23.9. The fraction of sp³-hybridized carbons (Fsp3) is 0.429. The molecule has 38 heteroatoms. The van der Waals surface area contributed by atoms with Crippen LogP contribution in [0.2, 0.25) is 0 Å². The van der Waals surface area contributed by atoms with Crippen LogP contribution in [0.25, 0.3) is 40.9 Å². The van der Waals surface area contributed by atoms with E-state index in [0.29, 0.717) is 96.5 Å². The van der Waals surface area contributed by atoms with Gasteiger partial charge in [0.1, 0.15) is 11.6 Å². The van der Waals surface area contributed by atoms with Crippen molar-refractivity contribution in [3.8, 4) is 0 Å². The second-order valence-corrected chi connectivity index (χ2v) is 41.3. The largest absolute Gasteiger partial charge is 0.331 e. The lowest BCUT2D eigenvalue weighted by Gasteiger charge is -2.41. The second kappa shape index (κ2) is 34.7. The van der Waals surface area contributed by atoms with Crippen molar-refractivity contribution in [1.82, 2.24) is 111 Å². The van der Waals surface area contributed by atoms with Crippen molar-refractivity contribution in [3.63, 3.8) is 0 Å². The summed E-state index contributed by atoms with van der Waals surface area (Å²) in [4.78, 5) is 102. The van der Waals surface area contributed by atoms with Crippen molar-refractivity contribution in [1.29, 1.82) is 9.56 Å². The quantitative estimate of drug-likeness (QED) is 0.0523. The van der Waals surface area contributed by atoms with Crippen LogP contribution in [0.4, 0.5) is 30.8 Å². The van der Waals surface area contributed by atoms with Gasteiger partial charge in [-0.2, -0.15) is 10.2 Å². The summed E-state index contributed by atoms with van der Waals surface area (Å²) in [7, 11) is -5.69. The Bertz CT molecular complexity index is 5650. The number of nitrogens with one attached hydrogen (secondary N) is 6. The number of urea groups is 4. The molecule has 4 spiro atoms. The molecule has 8 aliphatic heterocycles. The molecule has 20 rings (SSSR count). The monoisotopic (exact) mass is 1760 g/mol. The molecule has 0 unspecified atom stereocenters. The normalized spacial score (nSPS) is 21.0. The van der Waals surface area contributed by atoms with Gasteiger partial charge in [0.25, 0.3) is 0 Å². The molecule has 0 aliphatic carbocycles. The molecule has 8 aliphatic rings. The zero-order valence-corrected chi connectivity index (χ0v) is 73.6. The first-order valence-corrected chi connectivity index (χ1v) is 48.4. The molecular formula is C84H98N26O6S6. The van der Waals surface area contributed by atoms with Gasteiger partial charge in [-0.05, 0) is 174 Å². The van der Waals surface area contributed by atoms with E-state index in [9.17, 15) is 27.6 Å². The highest BCUT2D eigenvalue weighted by Gasteiger charge is 2.50. The van der Waals surface area contributed by atoms with Gasteiger partial charge in [-0.3, -0.25) is 29.4 Å². The summed E-state index contributed by atoms with van der Waals surface area (Å²) in [6, 6.07) is 34.4. The van der Waals surface area contributed by atoms with E-state index in [1.807, 2.05) is 46.3 Å². The first kappa shape index (κ1) is 83.8. The van der Waals surface area contributed by atoms with Crippen LogP contribution >= 0.6 is 45.3 Å². The Morgan fingerprint density at radius 1 is 0.385 bits per heavy atom. The first-order valence-electron chi connectivity index (χ1n) is 41.0. The summed E-state index contributed by atoms with van der Waals surface area (Å²) >= 11 is 6.67. The molecule has 6 N–H and O–H groups in total. The number of rotatable bonds is 16. The second-order valence-electron chi connectivity index (χ2n) is 33.4. The molecule has 8 saturated heterocycles. The Hall–Kier alpha value is -10.4. The van der Waals surface area contributed by atoms with E-state index >= 15 is 0 Å². The van der Waals surface area contributed by atoms with E-state index in [1.54, 1.807) is 77.3 Å². The zero-order valence-electron chi connectivity index (χ0n) is 68.7. The number of amides is 8. The number of piperidine rings is 4. The number of anilines is 2. The van der Waals surface area contributed by atoms with Crippen LogP contribution < -0.4 is 31.1 Å². The average Bonchev–Trinajstić information content (AvgIpc) is 1.63. The van der Waals surface area contributed by atoms with Crippen LogP contribution in [0.15, 0.2) is 166 Å². The molecule has 8 amide bonds. The lowest BCUT2D eigenvalue weighted by molar-refractivity contribution is 0.115. The number of aromatic nitrogens is 12. The molecule has 8 aromatic heterocycles. The number of carbonyl (C=O) groups is 4. The highest BCUT2D eigenvalue weighted by molar-refractivity contribution is 7.92. The maximum absolute atomic E-state index is 12.7. The summed E-state index contributed by atoms with van der Waals surface area (Å²) in [5, 5.41) is 28.9. The fourth-order valence-electron chi connectivity index (χ4n) is 17.9. The van der Waals surface area contributed by atoms with Crippen molar-refractivity contribution in [2.75, 3.05) is 101 Å². The predicted octanol–water partition coefficient (Wildman–Crippen LogP) is 12.9. The number of carbonyl (C=O) groups excluding carboxylic acids is 4. The van der Waals surface area contributed by atoms with Crippen molar-refractivity contribution in [2.24, 2.45) is 0 Å². The first-order chi connectivity index (χ1) is 58.7.